The molecule has 1 aliphatic heterocycles. The van der Waals surface area contributed by atoms with Crippen LogP contribution in [0.5, 0.6) is 0 Å². The first-order valence-corrected chi connectivity index (χ1v) is 7.04. The van der Waals surface area contributed by atoms with Gasteiger partial charge in [0.15, 0.2) is 0 Å². The van der Waals surface area contributed by atoms with E-state index < -0.39 is 0 Å². The molecule has 0 aliphatic carbocycles. The molecule has 3 aromatic rings. The van der Waals surface area contributed by atoms with Crippen LogP contribution in [0.3, 0.4) is 0 Å². The third-order valence-electron chi connectivity index (χ3n) is 3.86. The van der Waals surface area contributed by atoms with Crippen molar-refractivity contribution in [2.24, 2.45) is 0 Å². The Morgan fingerprint density at radius 1 is 1.09 bits per heavy atom. The normalized spacial score (nSPS) is 13.2. The van der Waals surface area contributed by atoms with Gasteiger partial charge in [-0.05, 0) is 42.8 Å². The molecule has 5 heteroatoms. The lowest BCUT2D eigenvalue weighted by Crippen LogP contribution is -2.09. The number of carbonyl (C=O) groups excluding carboxylic acids is 1. The number of hydrogen-bond donors (Lipinski definition) is 2. The minimum absolute atomic E-state index is 0.0115. The predicted molar refractivity (Wildman–Crippen MR) is 84.9 cm³/mol. The predicted octanol–water partition coefficient (Wildman–Crippen LogP) is 2.39. The molecule has 0 fully saturated rings. The number of aryl methyl sites for hydroxylation is 1. The molecule has 22 heavy (non-hydrogen) atoms. The topological polar surface area (TPSA) is 74.8 Å². The molecule has 4 rings (SSSR count). The standard InChI is InChI=1S/C17H13N3O2/c1-9-2-4-14-12(6-9)17(22)20-16(19-14)10-3-5-13-11(7-10)8-15(21)18-13/h2-7H,8H2,1H3,(H,18,21)(H,19,20,22). The Labute approximate surface area is 126 Å². The summed E-state index contributed by atoms with van der Waals surface area (Å²) in [6.07, 6.45) is 0.361. The van der Waals surface area contributed by atoms with E-state index in [1.54, 1.807) is 0 Å². The van der Waals surface area contributed by atoms with Crippen LogP contribution in [0.25, 0.3) is 22.3 Å². The molecule has 2 heterocycles. The molecule has 5 nitrogen and oxygen atoms in total. The van der Waals surface area contributed by atoms with Crippen LogP contribution in [0.2, 0.25) is 0 Å². The van der Waals surface area contributed by atoms with Gasteiger partial charge in [0.2, 0.25) is 5.91 Å². The molecule has 0 radical (unpaired) electrons. The number of H-pyrrole nitrogens is 1. The number of rotatable bonds is 1. The van der Waals surface area contributed by atoms with E-state index in [1.165, 1.54) is 0 Å². The largest absolute Gasteiger partial charge is 0.326 e. The molecule has 2 N–H and O–H groups in total. The third kappa shape index (κ3) is 1.98. The SMILES string of the molecule is Cc1ccc2nc(-c3ccc4c(c3)CC(=O)N4)[nH]c(=O)c2c1. The summed E-state index contributed by atoms with van der Waals surface area (Å²) in [5, 5.41) is 3.38. The first-order valence-electron chi connectivity index (χ1n) is 7.04. The van der Waals surface area contributed by atoms with Crippen LogP contribution < -0.4 is 10.9 Å². The number of amides is 1. The van der Waals surface area contributed by atoms with Crippen LogP contribution in [0.15, 0.2) is 41.2 Å². The highest BCUT2D eigenvalue weighted by atomic mass is 16.1. The summed E-state index contributed by atoms with van der Waals surface area (Å²) in [6.45, 7) is 1.94. The lowest BCUT2D eigenvalue weighted by Gasteiger charge is -2.06. The zero-order valence-corrected chi connectivity index (χ0v) is 11.9. The molecule has 0 atom stereocenters. The number of hydrogen-bond acceptors (Lipinski definition) is 3. The highest BCUT2D eigenvalue weighted by Gasteiger charge is 2.18. The Morgan fingerprint density at radius 3 is 2.82 bits per heavy atom. The number of nitrogens with zero attached hydrogens (tertiary/aromatic N) is 1. The number of benzene rings is 2. The summed E-state index contributed by atoms with van der Waals surface area (Å²) in [7, 11) is 0. The summed E-state index contributed by atoms with van der Waals surface area (Å²) in [4.78, 5) is 31.0. The molecule has 0 unspecified atom stereocenters. The Kier molecular flexibility index (Phi) is 2.63. The third-order valence-corrected chi connectivity index (χ3v) is 3.86. The van der Waals surface area contributed by atoms with Crippen LogP contribution >= 0.6 is 0 Å². The van der Waals surface area contributed by atoms with Gasteiger partial charge in [-0.1, -0.05) is 11.6 Å². The van der Waals surface area contributed by atoms with E-state index >= 15 is 0 Å². The van der Waals surface area contributed by atoms with Crippen LogP contribution in [-0.2, 0) is 11.2 Å². The smallest absolute Gasteiger partial charge is 0.259 e. The average molecular weight is 291 g/mol. The summed E-state index contributed by atoms with van der Waals surface area (Å²) < 4.78 is 0. The van der Waals surface area contributed by atoms with Gasteiger partial charge in [0.1, 0.15) is 5.82 Å². The Hall–Kier alpha value is -2.95. The maximum Gasteiger partial charge on any atom is 0.259 e. The number of aromatic amines is 1. The van der Waals surface area contributed by atoms with Gasteiger partial charge < -0.3 is 10.3 Å². The van der Waals surface area contributed by atoms with E-state index in [0.717, 1.165) is 22.4 Å². The van der Waals surface area contributed by atoms with Crippen LogP contribution in [0.4, 0.5) is 5.69 Å². The second-order valence-corrected chi connectivity index (χ2v) is 5.53. The van der Waals surface area contributed by atoms with E-state index in [2.05, 4.69) is 15.3 Å². The first-order chi connectivity index (χ1) is 10.6. The van der Waals surface area contributed by atoms with Gasteiger partial charge in [-0.2, -0.15) is 0 Å². The maximum absolute atomic E-state index is 12.2. The quantitative estimate of drug-likeness (QED) is 0.723. The molecule has 2 aromatic carbocycles. The number of anilines is 1. The molecule has 1 aliphatic rings. The first kappa shape index (κ1) is 12.8. The molecule has 0 saturated carbocycles. The Balaban J connectivity index is 1.88. The van der Waals surface area contributed by atoms with Gasteiger partial charge in [-0.15, -0.1) is 0 Å². The summed E-state index contributed by atoms with van der Waals surface area (Å²) in [5.41, 5.74) is 4.09. The fourth-order valence-electron chi connectivity index (χ4n) is 2.77. The molecule has 0 bridgehead atoms. The summed E-state index contributed by atoms with van der Waals surface area (Å²) in [6, 6.07) is 11.2. The van der Waals surface area contributed by atoms with Gasteiger partial charge in [0.25, 0.3) is 5.56 Å². The zero-order chi connectivity index (χ0) is 15.3. The molecule has 0 saturated heterocycles. The van der Waals surface area contributed by atoms with E-state index in [-0.39, 0.29) is 11.5 Å². The zero-order valence-electron chi connectivity index (χ0n) is 11.9. The maximum atomic E-state index is 12.2. The van der Waals surface area contributed by atoms with Crippen molar-refractivity contribution in [2.75, 3.05) is 5.32 Å². The van der Waals surface area contributed by atoms with Crippen LogP contribution in [0.1, 0.15) is 11.1 Å². The minimum atomic E-state index is -0.154. The molecule has 0 spiro atoms. The molecule has 1 aromatic heterocycles. The second kappa shape index (κ2) is 4.53. The van der Waals surface area contributed by atoms with Crippen molar-refractivity contribution in [2.45, 2.75) is 13.3 Å². The molecule has 108 valence electrons. The van der Waals surface area contributed by atoms with Crippen molar-refractivity contribution >= 4 is 22.5 Å². The van der Waals surface area contributed by atoms with Crippen LogP contribution in [-0.4, -0.2) is 15.9 Å². The van der Waals surface area contributed by atoms with Crippen molar-refractivity contribution < 1.29 is 4.79 Å². The fraction of sp³-hybridized carbons (Fsp3) is 0.118. The van der Waals surface area contributed by atoms with Gasteiger partial charge in [0, 0.05) is 11.3 Å². The Bertz CT molecular complexity index is 989. The van der Waals surface area contributed by atoms with E-state index in [4.69, 9.17) is 0 Å². The number of aromatic nitrogens is 2. The van der Waals surface area contributed by atoms with Gasteiger partial charge in [-0.3, -0.25) is 9.59 Å². The molecular formula is C17H13N3O2. The number of fused-ring (bicyclic) bond motifs is 2. The lowest BCUT2D eigenvalue weighted by atomic mass is 10.1. The minimum Gasteiger partial charge on any atom is -0.326 e. The average Bonchev–Trinajstić information content (AvgIpc) is 2.87. The van der Waals surface area contributed by atoms with E-state index in [1.807, 2.05) is 43.3 Å². The summed E-state index contributed by atoms with van der Waals surface area (Å²) >= 11 is 0. The van der Waals surface area contributed by atoms with Crippen molar-refractivity contribution in [1.29, 1.82) is 0 Å². The number of nitrogens with one attached hydrogen (secondary N) is 2. The fourth-order valence-corrected chi connectivity index (χ4v) is 2.77. The van der Waals surface area contributed by atoms with Crippen molar-refractivity contribution in [3.8, 4) is 11.4 Å². The van der Waals surface area contributed by atoms with Gasteiger partial charge in [0.05, 0.1) is 17.3 Å². The molecule has 1 amide bonds. The highest BCUT2D eigenvalue weighted by Crippen LogP contribution is 2.27. The second-order valence-electron chi connectivity index (χ2n) is 5.53. The van der Waals surface area contributed by atoms with Crippen LogP contribution in [0, 0.1) is 6.92 Å². The van der Waals surface area contributed by atoms with Gasteiger partial charge >= 0.3 is 0 Å². The Morgan fingerprint density at radius 2 is 1.95 bits per heavy atom. The molecular weight excluding hydrogens is 278 g/mol. The lowest BCUT2D eigenvalue weighted by molar-refractivity contribution is -0.115. The van der Waals surface area contributed by atoms with E-state index in [9.17, 15) is 9.59 Å². The van der Waals surface area contributed by atoms with Crippen molar-refractivity contribution in [1.82, 2.24) is 9.97 Å². The monoisotopic (exact) mass is 291 g/mol. The van der Waals surface area contributed by atoms with Crippen molar-refractivity contribution in [3.63, 3.8) is 0 Å². The van der Waals surface area contributed by atoms with E-state index in [0.29, 0.717) is 23.1 Å². The summed E-state index contributed by atoms with van der Waals surface area (Å²) in [5.74, 6) is 0.506. The number of carbonyl (C=O) groups is 1. The van der Waals surface area contributed by atoms with Gasteiger partial charge in [-0.25, -0.2) is 4.98 Å². The highest BCUT2D eigenvalue weighted by molar-refractivity contribution is 5.99. The van der Waals surface area contributed by atoms with Crippen molar-refractivity contribution in [3.05, 3.63) is 57.9 Å².